The quantitative estimate of drug-likeness (QED) is 0.446. The molecule has 0 radical (unpaired) electrons. The summed E-state index contributed by atoms with van der Waals surface area (Å²) in [5, 5.41) is 0. The number of hydrogen-bond acceptors (Lipinski definition) is 3. The lowest BCUT2D eigenvalue weighted by molar-refractivity contribution is -0.154. The molecule has 0 bridgehead atoms. The van der Waals surface area contributed by atoms with Crippen molar-refractivity contribution in [2.75, 3.05) is 19.7 Å². The molecular weight excluding hydrogens is 242 g/mol. The topological polar surface area (TPSA) is 46.6 Å². The third-order valence-electron chi connectivity index (χ3n) is 2.30. The number of amides is 1. The molecule has 104 valence electrons. The predicted octanol–water partition coefficient (Wildman–Crippen LogP) is 2.25. The highest BCUT2D eigenvalue weighted by molar-refractivity contribution is 5.90. The van der Waals surface area contributed by atoms with Gasteiger partial charge >= 0.3 is 5.97 Å². The van der Waals surface area contributed by atoms with E-state index in [0.29, 0.717) is 13.2 Å². The summed E-state index contributed by atoms with van der Waals surface area (Å²) in [6.07, 6.45) is 9.04. The minimum atomic E-state index is -0.355. The lowest BCUT2D eigenvalue weighted by atomic mass is 10.3. The van der Waals surface area contributed by atoms with Gasteiger partial charge in [-0.1, -0.05) is 43.0 Å². The van der Waals surface area contributed by atoms with Crippen molar-refractivity contribution in [1.29, 1.82) is 0 Å². The Kier molecular flexibility index (Phi) is 8.79. The Hall–Kier alpha value is -2.10. The van der Waals surface area contributed by atoms with Crippen LogP contribution in [-0.2, 0) is 14.3 Å². The molecule has 0 spiro atoms. The maximum absolute atomic E-state index is 10.9. The number of morpholine rings is 1. The fraction of sp³-hybridized carbons (Fsp3) is 0.333. The van der Waals surface area contributed by atoms with Crippen LogP contribution in [0, 0.1) is 0 Å². The van der Waals surface area contributed by atoms with Crippen molar-refractivity contribution in [2.45, 2.75) is 13.8 Å². The lowest BCUT2D eigenvalue weighted by Gasteiger charge is -2.24. The second-order valence-electron chi connectivity index (χ2n) is 3.82. The molecule has 1 aliphatic heterocycles. The van der Waals surface area contributed by atoms with Crippen molar-refractivity contribution in [2.24, 2.45) is 0 Å². The first-order valence-electron chi connectivity index (χ1n) is 6.04. The molecular formula is C15H21NO3. The summed E-state index contributed by atoms with van der Waals surface area (Å²) >= 11 is 0. The van der Waals surface area contributed by atoms with Crippen molar-refractivity contribution >= 4 is 11.9 Å². The van der Waals surface area contributed by atoms with Gasteiger partial charge in [-0.3, -0.25) is 9.59 Å². The van der Waals surface area contributed by atoms with Crippen molar-refractivity contribution in [1.82, 2.24) is 4.90 Å². The van der Waals surface area contributed by atoms with E-state index in [1.165, 1.54) is 16.5 Å². The van der Waals surface area contributed by atoms with Gasteiger partial charge in [-0.15, -0.1) is 0 Å². The molecule has 0 atom stereocenters. The van der Waals surface area contributed by atoms with E-state index in [0.717, 1.165) is 0 Å². The Morgan fingerprint density at radius 2 is 2.05 bits per heavy atom. The summed E-state index contributed by atoms with van der Waals surface area (Å²) in [7, 11) is 0. The van der Waals surface area contributed by atoms with E-state index in [2.05, 4.69) is 17.9 Å². The second-order valence-corrected chi connectivity index (χ2v) is 3.82. The standard InChI is InChI=1S/C8H12.C7H9NO3/c1-4-6-7-8(3)5-2;1-2-6(9)8-3-4-11-7(10)5-8/h4-7H,2H2,1,3H3;2H,1,3-5H2/b6-4-,8-7-;. The number of carbonyl (C=O) groups excluding carboxylic acids is 2. The maximum atomic E-state index is 10.9. The molecule has 1 amide bonds. The highest BCUT2D eigenvalue weighted by atomic mass is 16.5. The number of cyclic esters (lactones) is 1. The van der Waals surface area contributed by atoms with Crippen LogP contribution >= 0.6 is 0 Å². The normalized spacial score (nSPS) is 15.4. The van der Waals surface area contributed by atoms with E-state index in [1.807, 2.05) is 38.2 Å². The third kappa shape index (κ3) is 7.76. The molecule has 0 aromatic carbocycles. The minimum absolute atomic E-state index is 0.0465. The first-order valence-corrected chi connectivity index (χ1v) is 6.04. The Morgan fingerprint density at radius 1 is 1.37 bits per heavy atom. The largest absolute Gasteiger partial charge is 0.462 e. The zero-order valence-corrected chi connectivity index (χ0v) is 11.6. The Balaban J connectivity index is 0.000000362. The van der Waals surface area contributed by atoms with Crippen molar-refractivity contribution in [3.63, 3.8) is 0 Å². The Labute approximate surface area is 114 Å². The monoisotopic (exact) mass is 263 g/mol. The summed E-state index contributed by atoms with van der Waals surface area (Å²) in [6.45, 7) is 11.7. The van der Waals surface area contributed by atoms with Crippen LogP contribution in [0.4, 0.5) is 0 Å². The van der Waals surface area contributed by atoms with E-state index in [1.54, 1.807) is 0 Å². The maximum Gasteiger partial charge on any atom is 0.325 e. The number of rotatable bonds is 3. The van der Waals surface area contributed by atoms with Crippen molar-refractivity contribution < 1.29 is 14.3 Å². The van der Waals surface area contributed by atoms with Crippen LogP contribution in [0.5, 0.6) is 0 Å². The number of allylic oxidation sites excluding steroid dienone is 5. The molecule has 1 aliphatic rings. The first-order chi connectivity index (χ1) is 9.04. The first kappa shape index (κ1) is 16.9. The molecule has 1 fully saturated rings. The van der Waals surface area contributed by atoms with Crippen LogP contribution in [0.1, 0.15) is 13.8 Å². The molecule has 0 aromatic heterocycles. The van der Waals surface area contributed by atoms with E-state index >= 15 is 0 Å². The van der Waals surface area contributed by atoms with Crippen LogP contribution in [-0.4, -0.2) is 36.5 Å². The SMILES string of the molecule is C=C/C(C)=C\C=C/C.C=CC(=O)N1CCOC(=O)C1. The van der Waals surface area contributed by atoms with Gasteiger partial charge in [0.05, 0.1) is 6.54 Å². The highest BCUT2D eigenvalue weighted by Crippen LogP contribution is 1.98. The summed E-state index contributed by atoms with van der Waals surface area (Å²) < 4.78 is 4.64. The van der Waals surface area contributed by atoms with Crippen LogP contribution in [0.15, 0.2) is 49.1 Å². The van der Waals surface area contributed by atoms with E-state index in [9.17, 15) is 9.59 Å². The summed E-state index contributed by atoms with van der Waals surface area (Å²) in [6, 6.07) is 0. The van der Waals surface area contributed by atoms with Gasteiger partial charge in [-0.05, 0) is 19.9 Å². The number of carbonyl (C=O) groups is 2. The van der Waals surface area contributed by atoms with Gasteiger partial charge < -0.3 is 9.64 Å². The van der Waals surface area contributed by atoms with Gasteiger partial charge in [0.15, 0.2) is 0 Å². The average Bonchev–Trinajstić information content (AvgIpc) is 2.44. The molecule has 1 heterocycles. The smallest absolute Gasteiger partial charge is 0.325 e. The second kappa shape index (κ2) is 9.88. The lowest BCUT2D eigenvalue weighted by Crippen LogP contribution is -2.42. The summed E-state index contributed by atoms with van der Waals surface area (Å²) in [5.41, 5.74) is 1.20. The van der Waals surface area contributed by atoms with Gasteiger partial charge in [0.1, 0.15) is 13.2 Å². The van der Waals surface area contributed by atoms with Crippen molar-refractivity contribution in [3.8, 4) is 0 Å². The zero-order chi connectivity index (χ0) is 14.7. The van der Waals surface area contributed by atoms with Gasteiger partial charge in [0.25, 0.3) is 0 Å². The molecule has 1 saturated heterocycles. The molecule has 0 saturated carbocycles. The Bertz CT molecular complexity index is 394. The molecule has 4 nitrogen and oxygen atoms in total. The highest BCUT2D eigenvalue weighted by Gasteiger charge is 2.20. The van der Waals surface area contributed by atoms with Crippen LogP contribution in [0.25, 0.3) is 0 Å². The molecule has 0 aromatic rings. The molecule has 1 rings (SSSR count). The Morgan fingerprint density at radius 3 is 2.53 bits per heavy atom. The third-order valence-corrected chi connectivity index (χ3v) is 2.30. The molecule has 4 heteroatoms. The molecule has 19 heavy (non-hydrogen) atoms. The van der Waals surface area contributed by atoms with Crippen LogP contribution < -0.4 is 0 Å². The van der Waals surface area contributed by atoms with E-state index in [4.69, 9.17) is 0 Å². The summed E-state index contributed by atoms with van der Waals surface area (Å²) in [5.74, 6) is -0.576. The fourth-order valence-corrected chi connectivity index (χ4v) is 1.18. The van der Waals surface area contributed by atoms with Gasteiger partial charge in [0.2, 0.25) is 5.91 Å². The van der Waals surface area contributed by atoms with Crippen molar-refractivity contribution in [3.05, 3.63) is 49.1 Å². The van der Waals surface area contributed by atoms with Gasteiger partial charge in [-0.25, -0.2) is 0 Å². The van der Waals surface area contributed by atoms with E-state index in [-0.39, 0.29) is 18.4 Å². The van der Waals surface area contributed by atoms with Gasteiger partial charge in [-0.2, -0.15) is 0 Å². The fourth-order valence-electron chi connectivity index (χ4n) is 1.18. The molecule has 0 N–H and O–H groups in total. The van der Waals surface area contributed by atoms with Crippen LogP contribution in [0.2, 0.25) is 0 Å². The van der Waals surface area contributed by atoms with E-state index < -0.39 is 0 Å². The van der Waals surface area contributed by atoms with Gasteiger partial charge in [0, 0.05) is 0 Å². The average molecular weight is 263 g/mol. The zero-order valence-electron chi connectivity index (χ0n) is 11.6. The predicted molar refractivity (Wildman–Crippen MR) is 76.5 cm³/mol. The number of ether oxygens (including phenoxy) is 1. The number of hydrogen-bond donors (Lipinski definition) is 0. The summed E-state index contributed by atoms with van der Waals surface area (Å²) in [4.78, 5) is 23.0. The van der Waals surface area contributed by atoms with Crippen LogP contribution in [0.3, 0.4) is 0 Å². The molecule has 0 aliphatic carbocycles. The number of nitrogens with zero attached hydrogens (tertiary/aromatic N) is 1. The minimum Gasteiger partial charge on any atom is -0.462 e. The number of esters is 1. The molecule has 0 unspecified atom stereocenters.